The lowest BCUT2D eigenvalue weighted by Crippen LogP contribution is -2.35. The zero-order valence-corrected chi connectivity index (χ0v) is 9.41. The van der Waals surface area contributed by atoms with Gasteiger partial charge in [0.2, 0.25) is 0 Å². The van der Waals surface area contributed by atoms with Crippen molar-refractivity contribution in [3.8, 4) is 0 Å². The fourth-order valence-corrected chi connectivity index (χ4v) is 1.34. The van der Waals surface area contributed by atoms with E-state index in [2.05, 4.69) is 0 Å². The van der Waals surface area contributed by atoms with E-state index in [1.165, 1.54) is 0 Å². The predicted molar refractivity (Wildman–Crippen MR) is 53.5 cm³/mol. The van der Waals surface area contributed by atoms with Gasteiger partial charge in [0.1, 0.15) is 12.2 Å². The van der Waals surface area contributed by atoms with Gasteiger partial charge in [-0.1, -0.05) is 0 Å². The molecule has 15 heavy (non-hydrogen) atoms. The summed E-state index contributed by atoms with van der Waals surface area (Å²) in [5.74, 6) is -2.53. The summed E-state index contributed by atoms with van der Waals surface area (Å²) in [5, 5.41) is 8.44. The third-order valence-electron chi connectivity index (χ3n) is 1.77. The lowest BCUT2D eigenvalue weighted by Gasteiger charge is -2.28. The number of aliphatic carboxylic acids is 1. The SMILES string of the molecule is CCOC(C)(CC(=O)CC(=O)O)OCC. The highest BCUT2D eigenvalue weighted by Crippen LogP contribution is 2.18. The van der Waals surface area contributed by atoms with Crippen LogP contribution in [-0.2, 0) is 19.1 Å². The number of ether oxygens (including phenoxy) is 2. The van der Waals surface area contributed by atoms with Crippen molar-refractivity contribution in [2.75, 3.05) is 13.2 Å². The van der Waals surface area contributed by atoms with Crippen LogP contribution >= 0.6 is 0 Å². The standard InChI is InChI=1S/C10H18O5/c1-4-14-10(3,15-5-2)7-8(11)6-9(12)13/h4-7H2,1-3H3,(H,12,13). The lowest BCUT2D eigenvalue weighted by atomic mass is 10.1. The molecule has 0 saturated carbocycles. The summed E-state index contributed by atoms with van der Waals surface area (Å²) < 4.78 is 10.6. The van der Waals surface area contributed by atoms with Crippen molar-refractivity contribution in [3.63, 3.8) is 0 Å². The molecule has 0 atom stereocenters. The molecule has 0 saturated heterocycles. The number of Topliss-reactive ketones (excluding diaryl/α,β-unsaturated/α-hetero) is 1. The van der Waals surface area contributed by atoms with Crippen LogP contribution in [0.15, 0.2) is 0 Å². The first-order valence-electron chi connectivity index (χ1n) is 4.95. The number of hydrogen-bond donors (Lipinski definition) is 1. The van der Waals surface area contributed by atoms with Crippen molar-refractivity contribution >= 4 is 11.8 Å². The first kappa shape index (κ1) is 14.1. The predicted octanol–water partition coefficient (Wildman–Crippen LogP) is 1.21. The largest absolute Gasteiger partial charge is 0.481 e. The molecule has 1 N–H and O–H groups in total. The van der Waals surface area contributed by atoms with Crippen LogP contribution in [0.1, 0.15) is 33.6 Å². The van der Waals surface area contributed by atoms with Crippen LogP contribution in [-0.4, -0.2) is 35.9 Å². The number of ketones is 1. The third-order valence-corrected chi connectivity index (χ3v) is 1.77. The van der Waals surface area contributed by atoms with Gasteiger partial charge < -0.3 is 14.6 Å². The van der Waals surface area contributed by atoms with Crippen LogP contribution in [0, 0.1) is 0 Å². The summed E-state index contributed by atoms with van der Waals surface area (Å²) in [4.78, 5) is 21.6. The molecular weight excluding hydrogens is 200 g/mol. The number of carboxylic acid groups (broad SMARTS) is 1. The molecule has 0 fully saturated rings. The fraction of sp³-hybridized carbons (Fsp3) is 0.800. The van der Waals surface area contributed by atoms with Gasteiger partial charge in [0, 0.05) is 13.2 Å². The number of carboxylic acids is 1. The first-order chi connectivity index (χ1) is 6.93. The van der Waals surface area contributed by atoms with Crippen LogP contribution in [0.2, 0.25) is 0 Å². The second-order valence-corrected chi connectivity index (χ2v) is 3.29. The summed E-state index contributed by atoms with van der Waals surface area (Å²) in [6.45, 7) is 6.05. The van der Waals surface area contributed by atoms with E-state index in [1.54, 1.807) is 20.8 Å². The van der Waals surface area contributed by atoms with Crippen LogP contribution < -0.4 is 0 Å². The molecule has 0 bridgehead atoms. The second-order valence-electron chi connectivity index (χ2n) is 3.29. The second kappa shape index (κ2) is 6.53. The highest BCUT2D eigenvalue weighted by molar-refractivity contribution is 5.95. The fourth-order valence-electron chi connectivity index (χ4n) is 1.34. The molecule has 5 nitrogen and oxygen atoms in total. The monoisotopic (exact) mass is 218 g/mol. The van der Waals surface area contributed by atoms with E-state index >= 15 is 0 Å². The zero-order valence-electron chi connectivity index (χ0n) is 9.41. The van der Waals surface area contributed by atoms with E-state index in [4.69, 9.17) is 14.6 Å². The number of rotatable bonds is 8. The molecule has 0 aliphatic carbocycles. The van der Waals surface area contributed by atoms with Gasteiger partial charge in [0.05, 0.1) is 6.42 Å². The van der Waals surface area contributed by atoms with Gasteiger partial charge in [0.15, 0.2) is 5.79 Å². The highest BCUT2D eigenvalue weighted by Gasteiger charge is 2.29. The van der Waals surface area contributed by atoms with Crippen molar-refractivity contribution in [2.24, 2.45) is 0 Å². The van der Waals surface area contributed by atoms with Crippen LogP contribution in [0.25, 0.3) is 0 Å². The molecule has 88 valence electrons. The van der Waals surface area contributed by atoms with Gasteiger partial charge in [0.25, 0.3) is 0 Å². The number of carbonyl (C=O) groups is 2. The minimum atomic E-state index is -1.13. The molecule has 5 heteroatoms. The summed E-state index contributed by atoms with van der Waals surface area (Å²) in [7, 11) is 0. The Morgan fingerprint density at radius 3 is 2.00 bits per heavy atom. The van der Waals surface area contributed by atoms with Gasteiger partial charge in [-0.05, 0) is 20.8 Å². The Bertz CT molecular complexity index is 218. The minimum absolute atomic E-state index is 0.0407. The van der Waals surface area contributed by atoms with Crippen molar-refractivity contribution in [1.82, 2.24) is 0 Å². The third kappa shape index (κ3) is 6.19. The van der Waals surface area contributed by atoms with E-state index in [1.807, 2.05) is 0 Å². The van der Waals surface area contributed by atoms with E-state index in [-0.39, 0.29) is 6.42 Å². The zero-order chi connectivity index (χ0) is 11.9. The summed E-state index contributed by atoms with van der Waals surface area (Å²) in [6.07, 6.45) is -0.531. The molecule has 0 heterocycles. The average Bonchev–Trinajstić information content (AvgIpc) is 2.01. The van der Waals surface area contributed by atoms with Crippen molar-refractivity contribution in [3.05, 3.63) is 0 Å². The van der Waals surface area contributed by atoms with Gasteiger partial charge >= 0.3 is 5.97 Å². The molecule has 0 amide bonds. The van der Waals surface area contributed by atoms with Crippen molar-refractivity contribution in [1.29, 1.82) is 0 Å². The number of hydrogen-bond acceptors (Lipinski definition) is 4. The molecule has 0 unspecified atom stereocenters. The molecular formula is C10H18O5. The Hall–Kier alpha value is -0.940. The quantitative estimate of drug-likeness (QED) is 0.489. The van der Waals surface area contributed by atoms with Crippen LogP contribution in [0.4, 0.5) is 0 Å². The number of carbonyl (C=O) groups excluding carboxylic acids is 1. The van der Waals surface area contributed by atoms with Gasteiger partial charge in [-0.15, -0.1) is 0 Å². The Labute approximate surface area is 89.4 Å². The molecule has 0 aliphatic heterocycles. The average molecular weight is 218 g/mol. The normalized spacial score (nSPS) is 11.4. The summed E-state index contributed by atoms with van der Waals surface area (Å²) in [5.41, 5.74) is 0. The van der Waals surface area contributed by atoms with Crippen molar-refractivity contribution in [2.45, 2.75) is 39.4 Å². The Morgan fingerprint density at radius 1 is 1.20 bits per heavy atom. The Kier molecular flexibility index (Phi) is 6.12. The van der Waals surface area contributed by atoms with E-state index in [0.717, 1.165) is 0 Å². The van der Waals surface area contributed by atoms with Crippen LogP contribution in [0.5, 0.6) is 0 Å². The maximum absolute atomic E-state index is 11.3. The summed E-state index contributed by atoms with van der Waals surface area (Å²) in [6, 6.07) is 0. The van der Waals surface area contributed by atoms with Crippen molar-refractivity contribution < 1.29 is 24.2 Å². The summed E-state index contributed by atoms with van der Waals surface area (Å²) >= 11 is 0. The molecule has 0 aliphatic rings. The Morgan fingerprint density at radius 2 is 1.67 bits per heavy atom. The molecule has 0 aromatic heterocycles. The van der Waals surface area contributed by atoms with Crippen LogP contribution in [0.3, 0.4) is 0 Å². The molecule has 0 spiro atoms. The molecule has 0 aromatic carbocycles. The highest BCUT2D eigenvalue weighted by atomic mass is 16.7. The minimum Gasteiger partial charge on any atom is -0.481 e. The Balaban J connectivity index is 4.26. The van der Waals surface area contributed by atoms with Gasteiger partial charge in [-0.2, -0.15) is 0 Å². The molecule has 0 radical (unpaired) electrons. The first-order valence-corrected chi connectivity index (χ1v) is 4.95. The van der Waals surface area contributed by atoms with E-state index < -0.39 is 24.0 Å². The van der Waals surface area contributed by atoms with E-state index in [9.17, 15) is 9.59 Å². The van der Waals surface area contributed by atoms with Gasteiger partial charge in [-0.3, -0.25) is 9.59 Å². The topological polar surface area (TPSA) is 72.8 Å². The van der Waals surface area contributed by atoms with E-state index in [0.29, 0.717) is 13.2 Å². The lowest BCUT2D eigenvalue weighted by molar-refractivity contribution is -0.222. The maximum Gasteiger partial charge on any atom is 0.310 e. The smallest absolute Gasteiger partial charge is 0.310 e. The molecule has 0 rings (SSSR count). The maximum atomic E-state index is 11.3. The molecule has 0 aromatic rings. The van der Waals surface area contributed by atoms with Gasteiger partial charge in [-0.25, -0.2) is 0 Å².